The van der Waals surface area contributed by atoms with Crippen molar-refractivity contribution in [3.63, 3.8) is 0 Å². The van der Waals surface area contributed by atoms with Gasteiger partial charge in [0.15, 0.2) is 9.84 Å². The largest absolute Gasteiger partial charge is 0.363 e. The first-order chi connectivity index (χ1) is 18.2. The zero-order valence-electron chi connectivity index (χ0n) is 21.9. The van der Waals surface area contributed by atoms with Crippen molar-refractivity contribution in [3.05, 3.63) is 94.7 Å². The van der Waals surface area contributed by atoms with Crippen molar-refractivity contribution in [2.24, 2.45) is 0 Å². The lowest BCUT2D eigenvalue weighted by Gasteiger charge is -2.40. The predicted octanol–water partition coefficient (Wildman–Crippen LogP) is 6.91. The molecule has 2 aliphatic carbocycles. The number of rotatable bonds is 10. The van der Waals surface area contributed by atoms with E-state index in [0.29, 0.717) is 22.8 Å². The molecule has 0 aliphatic heterocycles. The van der Waals surface area contributed by atoms with Crippen LogP contribution in [0.4, 0.5) is 0 Å². The van der Waals surface area contributed by atoms with Crippen molar-refractivity contribution >= 4 is 33.4 Å². The topological polar surface area (TPSA) is 72.5 Å². The molecule has 2 aromatic rings. The fraction of sp³-hybridized carbons (Fsp3) is 0.387. The summed E-state index contributed by atoms with van der Waals surface area (Å²) < 4.78 is 31.2. The predicted molar refractivity (Wildman–Crippen MR) is 154 cm³/mol. The van der Waals surface area contributed by atoms with Crippen molar-refractivity contribution in [1.82, 2.24) is 5.32 Å². The second-order valence-electron chi connectivity index (χ2n) is 10.1. The van der Waals surface area contributed by atoms with Crippen LogP contribution in [-0.4, -0.2) is 26.2 Å². The molecule has 1 fully saturated rings. The maximum Gasteiger partial charge on any atom is 0.228 e. The number of benzene rings is 2. The minimum Gasteiger partial charge on any atom is -0.363 e. The maximum atomic E-state index is 12.6. The quantitative estimate of drug-likeness (QED) is 0.347. The van der Waals surface area contributed by atoms with E-state index in [4.69, 9.17) is 16.3 Å². The van der Waals surface area contributed by atoms with Crippen LogP contribution >= 0.6 is 11.6 Å². The molecular weight excluding hydrogens is 518 g/mol. The summed E-state index contributed by atoms with van der Waals surface area (Å²) in [7, 11) is -3.26. The van der Waals surface area contributed by atoms with Gasteiger partial charge < -0.3 is 10.1 Å². The molecule has 7 heteroatoms. The Balaban J connectivity index is 1.36. The molecule has 1 unspecified atom stereocenters. The monoisotopic (exact) mass is 553 g/mol. The zero-order valence-corrected chi connectivity index (χ0v) is 23.5. The number of sulfone groups is 1. The molecule has 1 N–H and O–H groups in total. The first-order valence-electron chi connectivity index (χ1n) is 13.3. The third-order valence-electron chi connectivity index (χ3n) is 7.24. The first kappa shape index (κ1) is 28.3. The van der Waals surface area contributed by atoms with Gasteiger partial charge in [0.1, 0.15) is 0 Å². The summed E-state index contributed by atoms with van der Waals surface area (Å²) in [6.45, 7) is 5.73. The number of amides is 1. The Morgan fingerprint density at radius 3 is 2.53 bits per heavy atom. The lowest BCUT2D eigenvalue weighted by molar-refractivity contribution is -0.119. The number of ether oxygens (including phenoxy) is 1. The van der Waals surface area contributed by atoms with Crippen LogP contribution in [0.3, 0.4) is 0 Å². The Bertz CT molecular complexity index is 1320. The summed E-state index contributed by atoms with van der Waals surface area (Å²) in [5.41, 5.74) is 3.21. The number of hydrogen-bond donors (Lipinski definition) is 1. The minimum absolute atomic E-state index is 0.0887. The molecule has 38 heavy (non-hydrogen) atoms. The van der Waals surface area contributed by atoms with Crippen molar-refractivity contribution in [1.29, 1.82) is 0 Å². The van der Waals surface area contributed by atoms with E-state index in [1.807, 2.05) is 31.2 Å². The second kappa shape index (κ2) is 12.5. The van der Waals surface area contributed by atoms with E-state index >= 15 is 0 Å². The van der Waals surface area contributed by atoms with E-state index in [0.717, 1.165) is 48.1 Å². The van der Waals surface area contributed by atoms with Gasteiger partial charge in [-0.05, 0) is 72.7 Å². The van der Waals surface area contributed by atoms with Crippen LogP contribution in [0.1, 0.15) is 68.6 Å². The van der Waals surface area contributed by atoms with Gasteiger partial charge in [-0.1, -0.05) is 80.8 Å². The molecule has 2 aromatic carbocycles. The van der Waals surface area contributed by atoms with Crippen LogP contribution in [0.5, 0.6) is 0 Å². The molecule has 1 saturated carbocycles. The zero-order chi connectivity index (χ0) is 27.2. The third kappa shape index (κ3) is 6.85. The summed E-state index contributed by atoms with van der Waals surface area (Å²) in [6, 6.07) is 12.7. The van der Waals surface area contributed by atoms with Gasteiger partial charge in [0.2, 0.25) is 5.91 Å². The number of halogens is 1. The van der Waals surface area contributed by atoms with E-state index < -0.39 is 9.84 Å². The van der Waals surface area contributed by atoms with Crippen molar-refractivity contribution in [2.45, 2.75) is 74.9 Å². The summed E-state index contributed by atoms with van der Waals surface area (Å²) >= 11 is 6.33. The molecule has 0 spiro atoms. The highest BCUT2D eigenvalue weighted by molar-refractivity contribution is 7.91. The van der Waals surface area contributed by atoms with Crippen LogP contribution in [0.2, 0.25) is 5.02 Å². The van der Waals surface area contributed by atoms with Gasteiger partial charge in [-0.15, -0.1) is 0 Å². The highest BCUT2D eigenvalue weighted by Gasteiger charge is 2.37. The molecule has 4 rings (SSSR count). The molecule has 0 aromatic heterocycles. The van der Waals surface area contributed by atoms with Crippen LogP contribution in [-0.2, 0) is 31.4 Å². The van der Waals surface area contributed by atoms with Gasteiger partial charge in [-0.3, -0.25) is 4.79 Å². The maximum absolute atomic E-state index is 12.6. The standard InChI is InChI=1S/C31H36ClNO4S/c1-3-20-38(35,36)28-15-8-23(9-16-28)21-30(34)33-26-11-13-27(14-12-26)37-31(18-6-5-7-19-31)25-10-17-29(32)24(4-2)22-25/h4,8-13,15-17,22,27H,2-3,5-7,14,18-21H2,1H3,(H,33,34). The summed E-state index contributed by atoms with van der Waals surface area (Å²) in [6.07, 6.45) is 14.4. The van der Waals surface area contributed by atoms with Gasteiger partial charge >= 0.3 is 0 Å². The van der Waals surface area contributed by atoms with E-state index in [1.54, 1.807) is 30.3 Å². The molecule has 202 valence electrons. The Kier molecular flexibility index (Phi) is 9.29. The van der Waals surface area contributed by atoms with Gasteiger partial charge in [0.25, 0.3) is 0 Å². The summed E-state index contributed by atoms with van der Waals surface area (Å²) in [5, 5.41) is 3.64. The Labute approximate surface area is 231 Å². The molecule has 2 aliphatic rings. The number of nitrogens with one attached hydrogen (secondary N) is 1. The molecular formula is C31H36ClNO4S. The fourth-order valence-electron chi connectivity index (χ4n) is 5.24. The van der Waals surface area contributed by atoms with Crippen LogP contribution in [0, 0.1) is 0 Å². The van der Waals surface area contributed by atoms with Crippen molar-refractivity contribution < 1.29 is 17.9 Å². The van der Waals surface area contributed by atoms with Crippen molar-refractivity contribution in [2.75, 3.05) is 5.75 Å². The van der Waals surface area contributed by atoms with Crippen LogP contribution in [0.15, 0.2) is 77.9 Å². The number of hydrogen-bond acceptors (Lipinski definition) is 4. The van der Waals surface area contributed by atoms with E-state index in [-0.39, 0.29) is 29.8 Å². The molecule has 0 heterocycles. The van der Waals surface area contributed by atoms with Gasteiger partial charge in [-0.25, -0.2) is 8.42 Å². The average Bonchev–Trinajstić information content (AvgIpc) is 2.91. The molecule has 0 saturated heterocycles. The Hall–Kier alpha value is -2.67. The third-order valence-corrected chi connectivity index (χ3v) is 9.52. The van der Waals surface area contributed by atoms with E-state index in [1.165, 1.54) is 6.42 Å². The highest BCUT2D eigenvalue weighted by atomic mass is 35.5. The smallest absolute Gasteiger partial charge is 0.228 e. The van der Waals surface area contributed by atoms with Gasteiger partial charge in [0.05, 0.1) is 28.8 Å². The molecule has 0 radical (unpaired) electrons. The Morgan fingerprint density at radius 1 is 1.16 bits per heavy atom. The molecule has 5 nitrogen and oxygen atoms in total. The van der Waals surface area contributed by atoms with Gasteiger partial charge in [-0.2, -0.15) is 0 Å². The van der Waals surface area contributed by atoms with Gasteiger partial charge in [0, 0.05) is 10.7 Å². The number of allylic oxidation sites excluding steroid dienone is 1. The van der Waals surface area contributed by atoms with Crippen LogP contribution in [0.25, 0.3) is 6.08 Å². The lowest BCUT2D eigenvalue weighted by Crippen LogP contribution is -2.36. The fourth-order valence-corrected chi connectivity index (χ4v) is 6.76. The normalized spacial score (nSPS) is 19.0. The molecule has 0 bridgehead atoms. The summed E-state index contributed by atoms with van der Waals surface area (Å²) in [5.74, 6) is -0.0272. The summed E-state index contributed by atoms with van der Waals surface area (Å²) in [4.78, 5) is 12.9. The second-order valence-corrected chi connectivity index (χ2v) is 12.6. The SMILES string of the molecule is C=Cc1cc(C2(OC3C=CC(NC(=O)Cc4ccc(S(=O)(=O)CCC)cc4)=CC3)CCCCC2)ccc1Cl. The minimum atomic E-state index is -3.26. The average molecular weight is 554 g/mol. The van der Waals surface area contributed by atoms with Crippen molar-refractivity contribution in [3.8, 4) is 0 Å². The number of carbonyl (C=O) groups excluding carboxylic acids is 1. The molecule has 1 amide bonds. The van der Waals surface area contributed by atoms with E-state index in [9.17, 15) is 13.2 Å². The Morgan fingerprint density at radius 2 is 1.89 bits per heavy atom. The lowest BCUT2D eigenvalue weighted by atomic mass is 9.78. The number of carbonyl (C=O) groups is 1. The van der Waals surface area contributed by atoms with Crippen LogP contribution < -0.4 is 5.32 Å². The van der Waals surface area contributed by atoms with E-state index in [2.05, 4.69) is 24.0 Å². The first-order valence-corrected chi connectivity index (χ1v) is 15.4. The highest BCUT2D eigenvalue weighted by Crippen LogP contribution is 2.43. The molecule has 1 atom stereocenters.